The minimum Gasteiger partial charge on any atom is -0.351 e. The molecule has 0 spiro atoms. The molecule has 1 atom stereocenters. The molecule has 27 heavy (non-hydrogen) atoms. The Bertz CT molecular complexity index is 671. The van der Waals surface area contributed by atoms with Crippen molar-refractivity contribution in [2.24, 2.45) is 0 Å². The Morgan fingerprint density at radius 1 is 1.11 bits per heavy atom. The molecule has 6 nitrogen and oxygen atoms in total. The van der Waals surface area contributed by atoms with Crippen molar-refractivity contribution in [1.82, 2.24) is 15.1 Å². The first kappa shape index (κ1) is 19.4. The van der Waals surface area contributed by atoms with E-state index in [1.165, 1.54) is 4.90 Å². The van der Waals surface area contributed by atoms with Crippen molar-refractivity contribution in [2.45, 2.75) is 57.5 Å². The standard InChI is InChI=1S/C21H29N3O3/c1-2-3-13-23-14-15-24(21(27)20(23)26)18(16-9-5-4-6-10-16)19(25)22-17-11-7-8-12-17/h4-6,9-10,17-18H,2-3,7-8,11-15H2,1H3,(H,22,25)/t18-/m1/s1. The molecule has 1 N–H and O–H groups in total. The van der Waals surface area contributed by atoms with Gasteiger partial charge in [0, 0.05) is 25.7 Å². The molecule has 0 aromatic heterocycles. The number of carbonyl (C=O) groups is 3. The molecule has 1 aliphatic carbocycles. The highest BCUT2D eigenvalue weighted by Crippen LogP contribution is 2.26. The van der Waals surface area contributed by atoms with E-state index in [1.807, 2.05) is 30.3 Å². The number of nitrogens with zero attached hydrogens (tertiary/aromatic N) is 2. The first-order valence-electron chi connectivity index (χ1n) is 10.1. The van der Waals surface area contributed by atoms with Crippen LogP contribution in [0.15, 0.2) is 30.3 Å². The average Bonchev–Trinajstić information content (AvgIpc) is 3.18. The van der Waals surface area contributed by atoms with Crippen LogP contribution in [0, 0.1) is 0 Å². The van der Waals surface area contributed by atoms with E-state index in [9.17, 15) is 14.4 Å². The van der Waals surface area contributed by atoms with Gasteiger partial charge in [-0.3, -0.25) is 14.4 Å². The maximum Gasteiger partial charge on any atom is 0.313 e. The highest BCUT2D eigenvalue weighted by Gasteiger charge is 2.40. The monoisotopic (exact) mass is 371 g/mol. The van der Waals surface area contributed by atoms with Gasteiger partial charge in [0.2, 0.25) is 5.91 Å². The lowest BCUT2D eigenvalue weighted by molar-refractivity contribution is -0.159. The maximum absolute atomic E-state index is 13.1. The second-order valence-electron chi connectivity index (χ2n) is 7.45. The maximum atomic E-state index is 13.1. The van der Waals surface area contributed by atoms with Crippen LogP contribution < -0.4 is 5.32 Å². The number of hydrogen-bond donors (Lipinski definition) is 1. The lowest BCUT2D eigenvalue weighted by Crippen LogP contribution is -2.57. The van der Waals surface area contributed by atoms with Gasteiger partial charge >= 0.3 is 11.8 Å². The zero-order valence-corrected chi connectivity index (χ0v) is 16.0. The number of hydrogen-bond acceptors (Lipinski definition) is 3. The molecule has 1 aromatic rings. The molecule has 1 heterocycles. The van der Waals surface area contributed by atoms with Crippen LogP contribution in [0.25, 0.3) is 0 Å². The van der Waals surface area contributed by atoms with Gasteiger partial charge in [0.05, 0.1) is 0 Å². The van der Waals surface area contributed by atoms with Crippen molar-refractivity contribution >= 4 is 17.7 Å². The minimum absolute atomic E-state index is 0.167. The quantitative estimate of drug-likeness (QED) is 0.748. The third kappa shape index (κ3) is 4.49. The Morgan fingerprint density at radius 3 is 2.48 bits per heavy atom. The van der Waals surface area contributed by atoms with E-state index in [0.717, 1.165) is 44.1 Å². The average molecular weight is 371 g/mol. The van der Waals surface area contributed by atoms with Gasteiger partial charge in [-0.15, -0.1) is 0 Å². The number of rotatable bonds is 7. The zero-order valence-electron chi connectivity index (χ0n) is 16.0. The van der Waals surface area contributed by atoms with E-state index < -0.39 is 17.9 Å². The van der Waals surface area contributed by atoms with Crippen molar-refractivity contribution < 1.29 is 14.4 Å². The Labute approximate surface area is 160 Å². The van der Waals surface area contributed by atoms with Crippen molar-refractivity contribution in [1.29, 1.82) is 0 Å². The van der Waals surface area contributed by atoms with Gasteiger partial charge in [-0.05, 0) is 24.8 Å². The zero-order chi connectivity index (χ0) is 19.2. The van der Waals surface area contributed by atoms with Crippen LogP contribution in [-0.2, 0) is 14.4 Å². The Morgan fingerprint density at radius 2 is 1.81 bits per heavy atom. The first-order chi connectivity index (χ1) is 13.1. The van der Waals surface area contributed by atoms with Crippen LogP contribution in [0.4, 0.5) is 0 Å². The van der Waals surface area contributed by atoms with Crippen molar-refractivity contribution in [3.63, 3.8) is 0 Å². The Hall–Kier alpha value is -2.37. The summed E-state index contributed by atoms with van der Waals surface area (Å²) in [5.74, 6) is -1.26. The lowest BCUT2D eigenvalue weighted by Gasteiger charge is -2.38. The summed E-state index contributed by atoms with van der Waals surface area (Å²) in [5, 5.41) is 3.10. The molecule has 2 fully saturated rings. The van der Waals surface area contributed by atoms with Crippen LogP contribution in [0.5, 0.6) is 0 Å². The van der Waals surface area contributed by atoms with Gasteiger partial charge in [-0.1, -0.05) is 56.5 Å². The SMILES string of the molecule is CCCCN1CCN([C@@H](C(=O)NC2CCCC2)c2ccccc2)C(=O)C1=O. The van der Waals surface area contributed by atoms with Crippen molar-refractivity contribution in [3.8, 4) is 0 Å². The number of carbonyl (C=O) groups excluding carboxylic acids is 3. The second-order valence-corrected chi connectivity index (χ2v) is 7.45. The molecule has 0 unspecified atom stereocenters. The normalized spacial score (nSPS) is 19.4. The fourth-order valence-corrected chi connectivity index (χ4v) is 3.96. The first-order valence-corrected chi connectivity index (χ1v) is 10.1. The van der Waals surface area contributed by atoms with Gasteiger partial charge in [-0.2, -0.15) is 0 Å². The molecule has 1 aromatic carbocycles. The highest BCUT2D eigenvalue weighted by atomic mass is 16.2. The summed E-state index contributed by atoms with van der Waals surface area (Å²) in [6.45, 7) is 3.51. The molecule has 146 valence electrons. The van der Waals surface area contributed by atoms with E-state index in [4.69, 9.17) is 0 Å². The molecule has 3 amide bonds. The third-order valence-electron chi connectivity index (χ3n) is 5.50. The van der Waals surface area contributed by atoms with Crippen molar-refractivity contribution in [3.05, 3.63) is 35.9 Å². The molecule has 6 heteroatoms. The second kappa shape index (κ2) is 9.02. The summed E-state index contributed by atoms with van der Waals surface area (Å²) in [5.41, 5.74) is 0.746. The highest BCUT2D eigenvalue weighted by molar-refractivity contribution is 6.35. The summed E-state index contributed by atoms with van der Waals surface area (Å²) in [7, 11) is 0. The van der Waals surface area contributed by atoms with Gasteiger partial charge < -0.3 is 15.1 Å². The molecule has 1 saturated carbocycles. The molecule has 1 aliphatic heterocycles. The van der Waals surface area contributed by atoms with E-state index in [1.54, 1.807) is 4.90 Å². The van der Waals surface area contributed by atoms with Crippen LogP contribution in [0.1, 0.15) is 57.1 Å². The topological polar surface area (TPSA) is 69.7 Å². The summed E-state index contributed by atoms with van der Waals surface area (Å²) in [6, 6.07) is 8.70. The predicted octanol–water partition coefficient (Wildman–Crippen LogP) is 2.26. The Kier molecular flexibility index (Phi) is 6.48. The summed E-state index contributed by atoms with van der Waals surface area (Å²) in [6.07, 6.45) is 6.04. The number of nitrogens with one attached hydrogen (secondary N) is 1. The molecule has 2 aliphatic rings. The lowest BCUT2D eigenvalue weighted by atomic mass is 10.0. The fourth-order valence-electron chi connectivity index (χ4n) is 3.96. The van der Waals surface area contributed by atoms with E-state index >= 15 is 0 Å². The van der Waals surface area contributed by atoms with Gasteiger partial charge in [-0.25, -0.2) is 0 Å². The van der Waals surface area contributed by atoms with E-state index in [-0.39, 0.29) is 11.9 Å². The number of benzene rings is 1. The number of amides is 3. The van der Waals surface area contributed by atoms with Gasteiger partial charge in [0.15, 0.2) is 0 Å². The van der Waals surface area contributed by atoms with Crippen LogP contribution in [0.3, 0.4) is 0 Å². The van der Waals surface area contributed by atoms with Gasteiger partial charge in [0.1, 0.15) is 6.04 Å². The van der Waals surface area contributed by atoms with Crippen LogP contribution in [0.2, 0.25) is 0 Å². The third-order valence-corrected chi connectivity index (χ3v) is 5.50. The molecule has 0 radical (unpaired) electrons. The molecular weight excluding hydrogens is 342 g/mol. The smallest absolute Gasteiger partial charge is 0.313 e. The van der Waals surface area contributed by atoms with Crippen molar-refractivity contribution in [2.75, 3.05) is 19.6 Å². The molecule has 3 rings (SSSR count). The number of piperazine rings is 1. The number of unbranched alkanes of at least 4 members (excludes halogenated alkanes) is 1. The summed E-state index contributed by atoms with van der Waals surface area (Å²) >= 11 is 0. The molecule has 0 bridgehead atoms. The van der Waals surface area contributed by atoms with Crippen LogP contribution in [-0.4, -0.2) is 53.2 Å². The van der Waals surface area contributed by atoms with E-state index in [0.29, 0.717) is 19.6 Å². The predicted molar refractivity (Wildman–Crippen MR) is 103 cm³/mol. The van der Waals surface area contributed by atoms with Gasteiger partial charge in [0.25, 0.3) is 0 Å². The largest absolute Gasteiger partial charge is 0.351 e. The Balaban J connectivity index is 1.79. The van der Waals surface area contributed by atoms with Crippen LogP contribution >= 0.6 is 0 Å². The summed E-state index contributed by atoms with van der Waals surface area (Å²) in [4.78, 5) is 41.5. The summed E-state index contributed by atoms with van der Waals surface area (Å²) < 4.78 is 0. The molecule has 1 saturated heterocycles. The van der Waals surface area contributed by atoms with E-state index in [2.05, 4.69) is 12.2 Å². The minimum atomic E-state index is -0.753. The molecular formula is C21H29N3O3. The fraction of sp³-hybridized carbons (Fsp3) is 0.571.